The highest BCUT2D eigenvalue weighted by atomic mass is 35.5. The molecule has 3 rings (SSSR count). The molecule has 0 saturated carbocycles. The van der Waals surface area contributed by atoms with Crippen molar-refractivity contribution in [3.05, 3.63) is 58.9 Å². The van der Waals surface area contributed by atoms with Crippen molar-refractivity contribution in [2.75, 3.05) is 12.4 Å². The second-order valence-corrected chi connectivity index (χ2v) is 5.69. The molecule has 0 aliphatic carbocycles. The molecule has 0 amide bonds. The molecule has 1 N–H and O–H groups in total. The average molecular weight is 353 g/mol. The number of hydrogen-bond donors (Lipinski definition) is 1. The second-order valence-electron chi connectivity index (χ2n) is 4.40. The third kappa shape index (κ3) is 3.91. The lowest BCUT2D eigenvalue weighted by Crippen LogP contribution is -1.89. The number of aromatic nitrogens is 1. The van der Waals surface area contributed by atoms with Gasteiger partial charge in [0.05, 0.1) is 12.8 Å². The summed E-state index contributed by atoms with van der Waals surface area (Å²) in [5, 5.41) is 6.87. The van der Waals surface area contributed by atoms with Crippen LogP contribution in [-0.2, 0) is 0 Å². The van der Waals surface area contributed by atoms with E-state index in [1.165, 1.54) is 0 Å². The van der Waals surface area contributed by atoms with E-state index in [0.717, 1.165) is 32.8 Å². The molecule has 0 saturated heterocycles. The Morgan fingerprint density at radius 1 is 1.05 bits per heavy atom. The zero-order chi connectivity index (χ0) is 14.7. The molecule has 0 unspecified atom stereocenters. The second kappa shape index (κ2) is 7.49. The minimum absolute atomic E-state index is 0. The summed E-state index contributed by atoms with van der Waals surface area (Å²) >= 11 is 7.44. The summed E-state index contributed by atoms with van der Waals surface area (Å²) < 4.78 is 5.16. The van der Waals surface area contributed by atoms with Crippen molar-refractivity contribution in [1.82, 2.24) is 4.98 Å². The Balaban J connectivity index is 0.00000176. The van der Waals surface area contributed by atoms with Gasteiger partial charge in [-0.15, -0.1) is 23.7 Å². The number of halogens is 2. The predicted octanol–water partition coefficient (Wildman–Crippen LogP) is 5.64. The summed E-state index contributed by atoms with van der Waals surface area (Å²) in [5.41, 5.74) is 2.98. The zero-order valence-electron chi connectivity index (χ0n) is 11.7. The molecule has 0 radical (unpaired) electrons. The molecule has 1 heterocycles. The molecule has 6 heteroatoms. The van der Waals surface area contributed by atoms with Crippen LogP contribution in [0, 0.1) is 0 Å². The van der Waals surface area contributed by atoms with Gasteiger partial charge in [-0.05, 0) is 48.5 Å². The van der Waals surface area contributed by atoms with Crippen LogP contribution in [0.5, 0.6) is 5.75 Å². The number of rotatable bonds is 4. The Hall–Kier alpha value is -1.75. The predicted molar refractivity (Wildman–Crippen MR) is 96.1 cm³/mol. The molecule has 2 aromatic carbocycles. The largest absolute Gasteiger partial charge is 0.497 e. The van der Waals surface area contributed by atoms with E-state index in [1.54, 1.807) is 18.4 Å². The quantitative estimate of drug-likeness (QED) is 0.659. The minimum Gasteiger partial charge on any atom is -0.497 e. The van der Waals surface area contributed by atoms with Crippen LogP contribution in [0.3, 0.4) is 0 Å². The third-order valence-electron chi connectivity index (χ3n) is 2.99. The Morgan fingerprint density at radius 2 is 1.73 bits per heavy atom. The standard InChI is InChI=1S/C16H13ClN2OS.ClH/c1-20-14-8-2-11(3-9-14)15-10-21-16(19-15)18-13-6-4-12(17)5-7-13;/h2-10H,1H3,(H,18,19);1H. The van der Waals surface area contributed by atoms with Crippen LogP contribution in [0.1, 0.15) is 0 Å². The normalized spacial score (nSPS) is 9.91. The van der Waals surface area contributed by atoms with Gasteiger partial charge >= 0.3 is 0 Å². The van der Waals surface area contributed by atoms with Gasteiger partial charge in [0.1, 0.15) is 5.75 Å². The fourth-order valence-corrected chi connectivity index (χ4v) is 2.75. The lowest BCUT2D eigenvalue weighted by molar-refractivity contribution is 0.415. The molecule has 0 aliphatic rings. The van der Waals surface area contributed by atoms with Crippen molar-refractivity contribution in [1.29, 1.82) is 0 Å². The molecule has 3 nitrogen and oxygen atoms in total. The molecular formula is C16H14Cl2N2OS. The van der Waals surface area contributed by atoms with Gasteiger partial charge in [0.25, 0.3) is 0 Å². The van der Waals surface area contributed by atoms with Crippen molar-refractivity contribution in [3.63, 3.8) is 0 Å². The van der Waals surface area contributed by atoms with Gasteiger partial charge in [-0.25, -0.2) is 4.98 Å². The van der Waals surface area contributed by atoms with Crippen LogP contribution >= 0.6 is 35.3 Å². The average Bonchev–Trinajstić information content (AvgIpc) is 2.98. The van der Waals surface area contributed by atoms with E-state index >= 15 is 0 Å². The number of nitrogens with zero attached hydrogens (tertiary/aromatic N) is 1. The SMILES string of the molecule is COc1ccc(-c2csc(Nc3ccc(Cl)cc3)n2)cc1.Cl. The molecule has 22 heavy (non-hydrogen) atoms. The molecular weight excluding hydrogens is 339 g/mol. The molecule has 3 aromatic rings. The highest BCUT2D eigenvalue weighted by molar-refractivity contribution is 7.14. The van der Waals surface area contributed by atoms with Gasteiger partial charge in [-0.3, -0.25) is 0 Å². The van der Waals surface area contributed by atoms with Crippen molar-refractivity contribution >= 4 is 46.2 Å². The van der Waals surface area contributed by atoms with E-state index in [4.69, 9.17) is 16.3 Å². The van der Waals surface area contributed by atoms with Crippen LogP contribution in [0.4, 0.5) is 10.8 Å². The van der Waals surface area contributed by atoms with Gasteiger partial charge in [-0.1, -0.05) is 11.6 Å². The minimum atomic E-state index is 0. The van der Waals surface area contributed by atoms with Crippen LogP contribution in [0.2, 0.25) is 5.02 Å². The van der Waals surface area contributed by atoms with E-state index in [-0.39, 0.29) is 12.4 Å². The van der Waals surface area contributed by atoms with Crippen LogP contribution < -0.4 is 10.1 Å². The van der Waals surface area contributed by atoms with E-state index < -0.39 is 0 Å². The molecule has 0 fully saturated rings. The first kappa shape index (κ1) is 16.6. The molecule has 0 atom stereocenters. The third-order valence-corrected chi connectivity index (χ3v) is 4.00. The zero-order valence-corrected chi connectivity index (χ0v) is 14.1. The van der Waals surface area contributed by atoms with E-state index in [1.807, 2.05) is 53.9 Å². The van der Waals surface area contributed by atoms with E-state index in [9.17, 15) is 0 Å². The van der Waals surface area contributed by atoms with E-state index in [2.05, 4.69) is 10.3 Å². The number of benzene rings is 2. The molecule has 0 bridgehead atoms. The van der Waals surface area contributed by atoms with Gasteiger partial charge < -0.3 is 10.1 Å². The maximum atomic E-state index is 5.87. The van der Waals surface area contributed by atoms with Crippen molar-refractivity contribution in [3.8, 4) is 17.0 Å². The first-order chi connectivity index (χ1) is 10.2. The van der Waals surface area contributed by atoms with Crippen LogP contribution in [-0.4, -0.2) is 12.1 Å². The number of hydrogen-bond acceptors (Lipinski definition) is 4. The Bertz CT molecular complexity index is 727. The summed E-state index contributed by atoms with van der Waals surface area (Å²) in [6.07, 6.45) is 0. The molecule has 0 spiro atoms. The number of ether oxygens (including phenoxy) is 1. The summed E-state index contributed by atoms with van der Waals surface area (Å²) in [6, 6.07) is 15.4. The first-order valence-corrected chi connectivity index (χ1v) is 7.63. The molecule has 1 aromatic heterocycles. The van der Waals surface area contributed by atoms with Gasteiger partial charge in [0.15, 0.2) is 5.13 Å². The molecule has 0 aliphatic heterocycles. The maximum Gasteiger partial charge on any atom is 0.187 e. The number of methoxy groups -OCH3 is 1. The number of nitrogens with one attached hydrogen (secondary N) is 1. The fourth-order valence-electron chi connectivity index (χ4n) is 1.88. The monoisotopic (exact) mass is 352 g/mol. The van der Waals surface area contributed by atoms with Crippen molar-refractivity contribution < 1.29 is 4.74 Å². The topological polar surface area (TPSA) is 34.1 Å². The fraction of sp³-hybridized carbons (Fsp3) is 0.0625. The van der Waals surface area contributed by atoms with Crippen LogP contribution in [0.15, 0.2) is 53.9 Å². The Morgan fingerprint density at radius 3 is 2.36 bits per heavy atom. The Labute approximate surface area is 144 Å². The first-order valence-electron chi connectivity index (χ1n) is 6.37. The smallest absolute Gasteiger partial charge is 0.187 e. The Kier molecular flexibility index (Phi) is 5.66. The van der Waals surface area contributed by atoms with Gasteiger partial charge in [0.2, 0.25) is 0 Å². The summed E-state index contributed by atoms with van der Waals surface area (Å²) in [4.78, 5) is 4.59. The lowest BCUT2D eigenvalue weighted by Gasteiger charge is -2.02. The number of anilines is 2. The number of thiazole rings is 1. The van der Waals surface area contributed by atoms with E-state index in [0.29, 0.717) is 0 Å². The highest BCUT2D eigenvalue weighted by Crippen LogP contribution is 2.28. The maximum absolute atomic E-state index is 5.87. The summed E-state index contributed by atoms with van der Waals surface area (Å²) in [7, 11) is 1.66. The van der Waals surface area contributed by atoms with Crippen molar-refractivity contribution in [2.45, 2.75) is 0 Å². The van der Waals surface area contributed by atoms with Crippen molar-refractivity contribution in [2.24, 2.45) is 0 Å². The summed E-state index contributed by atoms with van der Waals surface area (Å²) in [5.74, 6) is 0.841. The highest BCUT2D eigenvalue weighted by Gasteiger charge is 2.05. The van der Waals surface area contributed by atoms with Crippen LogP contribution in [0.25, 0.3) is 11.3 Å². The van der Waals surface area contributed by atoms with Gasteiger partial charge in [-0.2, -0.15) is 0 Å². The molecule has 114 valence electrons. The van der Waals surface area contributed by atoms with Gasteiger partial charge in [0, 0.05) is 21.7 Å². The summed E-state index contributed by atoms with van der Waals surface area (Å²) in [6.45, 7) is 0. The lowest BCUT2D eigenvalue weighted by atomic mass is 10.2.